The lowest BCUT2D eigenvalue weighted by Gasteiger charge is -2.35. The second-order valence-corrected chi connectivity index (χ2v) is 5.94. The second-order valence-electron chi connectivity index (χ2n) is 5.51. The molecule has 2 rings (SSSR count). The summed E-state index contributed by atoms with van der Waals surface area (Å²) < 4.78 is 0. The molecule has 18 heavy (non-hydrogen) atoms. The van der Waals surface area contributed by atoms with Crippen LogP contribution in [0.25, 0.3) is 0 Å². The van der Waals surface area contributed by atoms with Gasteiger partial charge < -0.3 is 10.2 Å². The van der Waals surface area contributed by atoms with Crippen LogP contribution in [0.15, 0.2) is 18.2 Å². The van der Waals surface area contributed by atoms with Crippen molar-refractivity contribution < 1.29 is 0 Å². The van der Waals surface area contributed by atoms with Gasteiger partial charge in [0.1, 0.15) is 0 Å². The predicted octanol–water partition coefficient (Wildman–Crippen LogP) is 3.93. The molecule has 1 fully saturated rings. The molecule has 1 saturated heterocycles. The van der Waals surface area contributed by atoms with Gasteiger partial charge in [-0.25, -0.2) is 0 Å². The van der Waals surface area contributed by atoms with Crippen LogP contribution in [-0.2, 0) is 0 Å². The first kappa shape index (κ1) is 13.7. The summed E-state index contributed by atoms with van der Waals surface area (Å²) in [5, 5.41) is 4.46. The number of likely N-dealkylation sites (tertiary alicyclic amines) is 1. The van der Waals surface area contributed by atoms with Crippen LogP contribution >= 0.6 is 11.6 Å². The lowest BCUT2D eigenvalue weighted by Crippen LogP contribution is -2.42. The van der Waals surface area contributed by atoms with Crippen molar-refractivity contribution in [2.24, 2.45) is 0 Å². The number of piperidine rings is 1. The van der Waals surface area contributed by atoms with Crippen LogP contribution in [-0.4, -0.2) is 30.1 Å². The van der Waals surface area contributed by atoms with Crippen LogP contribution in [0.3, 0.4) is 0 Å². The summed E-state index contributed by atoms with van der Waals surface area (Å²) in [5.74, 6) is 0. The lowest BCUT2D eigenvalue weighted by atomic mass is 10.0. The molecule has 0 aliphatic carbocycles. The molecule has 0 radical (unpaired) electrons. The molecule has 0 spiro atoms. The van der Waals surface area contributed by atoms with E-state index in [1.165, 1.54) is 37.2 Å². The number of nitrogens with one attached hydrogen (secondary N) is 1. The van der Waals surface area contributed by atoms with Crippen molar-refractivity contribution in [3.8, 4) is 0 Å². The van der Waals surface area contributed by atoms with Gasteiger partial charge in [0.25, 0.3) is 0 Å². The summed E-state index contributed by atoms with van der Waals surface area (Å²) in [6.45, 7) is 9.05. The highest BCUT2D eigenvalue weighted by Crippen LogP contribution is 2.23. The molecule has 1 aromatic carbocycles. The summed E-state index contributed by atoms with van der Waals surface area (Å²) in [4.78, 5) is 2.55. The van der Waals surface area contributed by atoms with Gasteiger partial charge in [-0.15, -0.1) is 0 Å². The molecule has 0 bridgehead atoms. The quantitative estimate of drug-likeness (QED) is 0.892. The van der Waals surface area contributed by atoms with Gasteiger partial charge in [0.2, 0.25) is 0 Å². The van der Waals surface area contributed by atoms with Crippen LogP contribution in [0.2, 0.25) is 5.02 Å². The van der Waals surface area contributed by atoms with E-state index in [4.69, 9.17) is 11.6 Å². The van der Waals surface area contributed by atoms with Crippen molar-refractivity contribution in [3.05, 3.63) is 28.8 Å². The Morgan fingerprint density at radius 1 is 1.28 bits per heavy atom. The molecule has 2 nitrogen and oxygen atoms in total. The fourth-order valence-corrected chi connectivity index (χ4v) is 2.80. The van der Waals surface area contributed by atoms with E-state index in [0.29, 0.717) is 12.1 Å². The molecule has 1 heterocycles. The van der Waals surface area contributed by atoms with E-state index in [2.05, 4.69) is 37.1 Å². The third-order valence-electron chi connectivity index (χ3n) is 3.81. The van der Waals surface area contributed by atoms with Gasteiger partial charge in [0.15, 0.2) is 0 Å². The van der Waals surface area contributed by atoms with Crippen LogP contribution in [0.4, 0.5) is 5.69 Å². The number of anilines is 1. The molecule has 0 atom stereocenters. The Morgan fingerprint density at radius 3 is 2.50 bits per heavy atom. The zero-order valence-electron chi connectivity index (χ0n) is 11.5. The Balaban J connectivity index is 1.91. The molecular formula is C15H23ClN2. The van der Waals surface area contributed by atoms with E-state index in [9.17, 15) is 0 Å². The first-order valence-electron chi connectivity index (χ1n) is 6.83. The Kier molecular flexibility index (Phi) is 4.52. The standard InChI is InChI=1S/C15H23ClN2/c1-11(2)18-8-6-14(7-9-18)17-15-5-4-13(16)10-12(15)3/h4-5,10-11,14,17H,6-9H2,1-3H3. The minimum Gasteiger partial charge on any atom is -0.382 e. The van der Waals surface area contributed by atoms with Crippen LogP contribution in [0, 0.1) is 6.92 Å². The number of nitrogens with zero attached hydrogens (tertiary/aromatic N) is 1. The third-order valence-corrected chi connectivity index (χ3v) is 4.04. The predicted molar refractivity (Wildman–Crippen MR) is 79.5 cm³/mol. The number of rotatable bonds is 3. The smallest absolute Gasteiger partial charge is 0.0410 e. The number of benzene rings is 1. The van der Waals surface area contributed by atoms with E-state index < -0.39 is 0 Å². The third kappa shape index (κ3) is 3.39. The fourth-order valence-electron chi connectivity index (χ4n) is 2.57. The monoisotopic (exact) mass is 266 g/mol. The fraction of sp³-hybridized carbons (Fsp3) is 0.600. The Hall–Kier alpha value is -0.730. The molecule has 1 N–H and O–H groups in total. The van der Waals surface area contributed by atoms with Crippen molar-refractivity contribution in [2.75, 3.05) is 18.4 Å². The molecule has 1 aromatic rings. The minimum atomic E-state index is 0.597. The first-order valence-corrected chi connectivity index (χ1v) is 7.21. The molecule has 3 heteroatoms. The highest BCUT2D eigenvalue weighted by atomic mass is 35.5. The number of hydrogen-bond donors (Lipinski definition) is 1. The van der Waals surface area contributed by atoms with Crippen molar-refractivity contribution in [1.82, 2.24) is 4.90 Å². The van der Waals surface area contributed by atoms with Gasteiger partial charge >= 0.3 is 0 Å². The molecule has 1 aliphatic rings. The zero-order chi connectivity index (χ0) is 13.1. The molecule has 0 amide bonds. The summed E-state index contributed by atoms with van der Waals surface area (Å²) in [6.07, 6.45) is 2.44. The van der Waals surface area contributed by atoms with E-state index in [-0.39, 0.29) is 0 Å². The maximum absolute atomic E-state index is 5.98. The number of halogens is 1. The van der Waals surface area contributed by atoms with Crippen LogP contribution in [0.1, 0.15) is 32.3 Å². The lowest BCUT2D eigenvalue weighted by molar-refractivity contribution is 0.177. The molecule has 1 aliphatic heterocycles. The zero-order valence-corrected chi connectivity index (χ0v) is 12.3. The SMILES string of the molecule is Cc1cc(Cl)ccc1NC1CCN(C(C)C)CC1. The summed E-state index contributed by atoms with van der Waals surface area (Å²) in [5.41, 5.74) is 2.45. The number of hydrogen-bond acceptors (Lipinski definition) is 2. The van der Waals surface area contributed by atoms with E-state index in [1.54, 1.807) is 0 Å². The van der Waals surface area contributed by atoms with E-state index in [1.807, 2.05) is 12.1 Å². The summed E-state index contributed by atoms with van der Waals surface area (Å²) in [6, 6.07) is 7.34. The van der Waals surface area contributed by atoms with Gasteiger partial charge in [-0.1, -0.05) is 11.6 Å². The first-order chi connectivity index (χ1) is 8.56. The summed E-state index contributed by atoms with van der Waals surface area (Å²) >= 11 is 5.98. The molecular weight excluding hydrogens is 244 g/mol. The average molecular weight is 267 g/mol. The Morgan fingerprint density at radius 2 is 1.94 bits per heavy atom. The van der Waals surface area contributed by atoms with E-state index in [0.717, 1.165) is 5.02 Å². The highest BCUT2D eigenvalue weighted by Gasteiger charge is 2.20. The van der Waals surface area contributed by atoms with Crippen molar-refractivity contribution >= 4 is 17.3 Å². The largest absolute Gasteiger partial charge is 0.382 e. The van der Waals surface area contributed by atoms with Crippen LogP contribution < -0.4 is 5.32 Å². The molecule has 0 aromatic heterocycles. The minimum absolute atomic E-state index is 0.597. The second kappa shape index (κ2) is 5.94. The van der Waals surface area contributed by atoms with Crippen molar-refractivity contribution in [2.45, 2.75) is 45.7 Å². The number of aryl methyl sites for hydroxylation is 1. The van der Waals surface area contributed by atoms with Gasteiger partial charge in [0, 0.05) is 35.9 Å². The average Bonchev–Trinajstić information content (AvgIpc) is 2.33. The van der Waals surface area contributed by atoms with Crippen LogP contribution in [0.5, 0.6) is 0 Å². The van der Waals surface area contributed by atoms with E-state index >= 15 is 0 Å². The van der Waals surface area contributed by atoms with Gasteiger partial charge in [-0.3, -0.25) is 0 Å². The normalized spacial score (nSPS) is 18.3. The van der Waals surface area contributed by atoms with Gasteiger partial charge in [0.05, 0.1) is 0 Å². The van der Waals surface area contributed by atoms with Crippen molar-refractivity contribution in [1.29, 1.82) is 0 Å². The Labute approximate surface area is 115 Å². The topological polar surface area (TPSA) is 15.3 Å². The maximum atomic E-state index is 5.98. The summed E-state index contributed by atoms with van der Waals surface area (Å²) in [7, 11) is 0. The maximum Gasteiger partial charge on any atom is 0.0410 e. The molecule has 100 valence electrons. The molecule has 0 unspecified atom stereocenters. The van der Waals surface area contributed by atoms with Gasteiger partial charge in [-0.05, 0) is 57.4 Å². The highest BCUT2D eigenvalue weighted by molar-refractivity contribution is 6.30. The Bertz CT molecular complexity index is 395. The molecule has 0 saturated carbocycles. The van der Waals surface area contributed by atoms with Crippen molar-refractivity contribution in [3.63, 3.8) is 0 Å². The van der Waals surface area contributed by atoms with Gasteiger partial charge in [-0.2, -0.15) is 0 Å².